The molecule has 0 fully saturated rings. The number of nitrogens with zero attached hydrogens (tertiary/aromatic N) is 4. The van der Waals surface area contributed by atoms with Crippen LogP contribution in [0.4, 0.5) is 0 Å². The molecule has 0 bridgehead atoms. The molecule has 4 nitrogen and oxygen atoms in total. The lowest BCUT2D eigenvalue weighted by atomic mass is 10.2. The Labute approximate surface area is 89.0 Å². The first-order valence-corrected chi connectivity index (χ1v) is 4.98. The van der Waals surface area contributed by atoms with Gasteiger partial charge in [-0.25, -0.2) is 15.0 Å². The van der Waals surface area contributed by atoms with Crippen LogP contribution < -0.4 is 0 Å². The van der Waals surface area contributed by atoms with Gasteiger partial charge in [0.05, 0.1) is 5.56 Å². The van der Waals surface area contributed by atoms with Crippen molar-refractivity contribution in [2.24, 2.45) is 7.05 Å². The van der Waals surface area contributed by atoms with Crippen LogP contribution in [0.5, 0.6) is 0 Å². The third-order valence-electron chi connectivity index (χ3n) is 2.27. The highest BCUT2D eigenvalue weighted by Crippen LogP contribution is 2.15. The van der Waals surface area contributed by atoms with Gasteiger partial charge in [0.2, 0.25) is 0 Å². The maximum absolute atomic E-state index is 4.31. The quantitative estimate of drug-likeness (QED) is 0.748. The van der Waals surface area contributed by atoms with Gasteiger partial charge in [-0.1, -0.05) is 13.8 Å². The lowest BCUT2D eigenvalue weighted by Crippen LogP contribution is -1.98. The van der Waals surface area contributed by atoms with Crippen LogP contribution in [0.3, 0.4) is 0 Å². The van der Waals surface area contributed by atoms with Crippen LogP contribution >= 0.6 is 0 Å². The van der Waals surface area contributed by atoms with E-state index in [9.17, 15) is 0 Å². The number of hydrogen-bond donors (Lipinski definition) is 0. The summed E-state index contributed by atoms with van der Waals surface area (Å²) >= 11 is 0. The molecule has 2 heterocycles. The molecule has 0 amide bonds. The van der Waals surface area contributed by atoms with Crippen molar-refractivity contribution in [3.05, 3.63) is 30.6 Å². The SMILES string of the molecule is CC(C)c1ncc(-c2nccn2C)cn1. The minimum absolute atomic E-state index is 0.362. The molecular weight excluding hydrogens is 188 g/mol. The van der Waals surface area contributed by atoms with Crippen molar-refractivity contribution in [1.82, 2.24) is 19.5 Å². The molecule has 2 aromatic heterocycles. The summed E-state index contributed by atoms with van der Waals surface area (Å²) in [4.78, 5) is 12.9. The molecule has 0 saturated heterocycles. The molecule has 4 heteroatoms. The Morgan fingerprint density at radius 1 is 1.13 bits per heavy atom. The van der Waals surface area contributed by atoms with Crippen molar-refractivity contribution in [3.8, 4) is 11.4 Å². The van der Waals surface area contributed by atoms with Crippen molar-refractivity contribution in [3.63, 3.8) is 0 Å². The van der Waals surface area contributed by atoms with E-state index in [4.69, 9.17) is 0 Å². The van der Waals surface area contributed by atoms with Crippen molar-refractivity contribution in [2.75, 3.05) is 0 Å². The molecule has 0 aromatic carbocycles. The smallest absolute Gasteiger partial charge is 0.142 e. The van der Waals surface area contributed by atoms with Gasteiger partial charge in [0.1, 0.15) is 11.6 Å². The third kappa shape index (κ3) is 1.88. The summed E-state index contributed by atoms with van der Waals surface area (Å²) in [6.07, 6.45) is 7.33. The second-order valence-electron chi connectivity index (χ2n) is 3.85. The zero-order chi connectivity index (χ0) is 10.8. The Morgan fingerprint density at radius 3 is 2.27 bits per heavy atom. The summed E-state index contributed by atoms with van der Waals surface area (Å²) in [7, 11) is 1.96. The molecule has 0 unspecified atom stereocenters. The summed E-state index contributed by atoms with van der Waals surface area (Å²) < 4.78 is 1.95. The van der Waals surface area contributed by atoms with Crippen molar-refractivity contribution < 1.29 is 0 Å². The largest absolute Gasteiger partial charge is 0.334 e. The van der Waals surface area contributed by atoms with E-state index in [1.54, 1.807) is 6.20 Å². The van der Waals surface area contributed by atoms with E-state index in [-0.39, 0.29) is 0 Å². The number of aryl methyl sites for hydroxylation is 1. The summed E-state index contributed by atoms with van der Waals surface area (Å²) in [5, 5.41) is 0. The second-order valence-corrected chi connectivity index (χ2v) is 3.85. The Morgan fingerprint density at radius 2 is 1.80 bits per heavy atom. The molecule has 78 valence electrons. The van der Waals surface area contributed by atoms with Gasteiger partial charge >= 0.3 is 0 Å². The average Bonchev–Trinajstić information content (AvgIpc) is 2.65. The maximum atomic E-state index is 4.31. The van der Waals surface area contributed by atoms with Crippen LogP contribution in [0.25, 0.3) is 11.4 Å². The average molecular weight is 202 g/mol. The van der Waals surface area contributed by atoms with Gasteiger partial charge in [0.15, 0.2) is 0 Å². The number of hydrogen-bond acceptors (Lipinski definition) is 3. The van der Waals surface area contributed by atoms with Crippen LogP contribution in [-0.4, -0.2) is 19.5 Å². The third-order valence-corrected chi connectivity index (χ3v) is 2.27. The molecule has 2 aromatic rings. The summed E-state index contributed by atoms with van der Waals surface area (Å²) in [5.74, 6) is 2.12. The van der Waals surface area contributed by atoms with Gasteiger partial charge in [-0.15, -0.1) is 0 Å². The predicted molar refractivity (Wildman–Crippen MR) is 58.3 cm³/mol. The fourth-order valence-electron chi connectivity index (χ4n) is 1.40. The topological polar surface area (TPSA) is 43.6 Å². The minimum Gasteiger partial charge on any atom is -0.334 e. The maximum Gasteiger partial charge on any atom is 0.142 e. The summed E-state index contributed by atoms with van der Waals surface area (Å²) in [6.45, 7) is 4.16. The normalized spacial score (nSPS) is 10.9. The fourth-order valence-corrected chi connectivity index (χ4v) is 1.40. The zero-order valence-electron chi connectivity index (χ0n) is 9.18. The van der Waals surface area contributed by atoms with Gasteiger partial charge in [-0.3, -0.25) is 0 Å². The van der Waals surface area contributed by atoms with Crippen LogP contribution in [0.1, 0.15) is 25.6 Å². The Kier molecular flexibility index (Phi) is 2.49. The Hall–Kier alpha value is -1.71. The van der Waals surface area contributed by atoms with E-state index >= 15 is 0 Å². The monoisotopic (exact) mass is 202 g/mol. The first kappa shape index (κ1) is 9.83. The number of aromatic nitrogens is 4. The molecule has 0 atom stereocenters. The Balaban J connectivity index is 2.36. The predicted octanol–water partition coefficient (Wildman–Crippen LogP) is 2.00. The molecular formula is C11H14N4. The van der Waals surface area contributed by atoms with Gasteiger partial charge in [-0.05, 0) is 0 Å². The molecule has 0 N–H and O–H groups in total. The summed E-state index contributed by atoms with van der Waals surface area (Å²) in [6, 6.07) is 0. The highest BCUT2D eigenvalue weighted by atomic mass is 15.0. The lowest BCUT2D eigenvalue weighted by molar-refractivity contribution is 0.773. The summed E-state index contributed by atoms with van der Waals surface area (Å²) in [5.41, 5.74) is 0.951. The van der Waals surface area contributed by atoms with Crippen molar-refractivity contribution in [1.29, 1.82) is 0 Å². The van der Waals surface area contributed by atoms with E-state index in [2.05, 4.69) is 28.8 Å². The molecule has 2 rings (SSSR count). The second kappa shape index (κ2) is 3.81. The minimum atomic E-state index is 0.362. The fraction of sp³-hybridized carbons (Fsp3) is 0.364. The Bertz CT molecular complexity index is 442. The van der Waals surface area contributed by atoms with E-state index in [1.807, 2.05) is 30.2 Å². The molecule has 0 spiro atoms. The molecule has 0 saturated carbocycles. The molecule has 15 heavy (non-hydrogen) atoms. The molecule has 0 aliphatic carbocycles. The number of rotatable bonds is 2. The molecule has 0 aliphatic rings. The van der Waals surface area contributed by atoms with Gasteiger partial charge < -0.3 is 4.57 Å². The van der Waals surface area contributed by atoms with E-state index in [0.717, 1.165) is 17.2 Å². The zero-order valence-corrected chi connectivity index (χ0v) is 9.18. The van der Waals surface area contributed by atoms with Gasteiger partial charge in [0, 0.05) is 37.8 Å². The van der Waals surface area contributed by atoms with E-state index in [0.29, 0.717) is 5.92 Å². The van der Waals surface area contributed by atoms with Crippen LogP contribution in [0.2, 0.25) is 0 Å². The van der Waals surface area contributed by atoms with Gasteiger partial charge in [-0.2, -0.15) is 0 Å². The van der Waals surface area contributed by atoms with Crippen molar-refractivity contribution in [2.45, 2.75) is 19.8 Å². The van der Waals surface area contributed by atoms with Crippen molar-refractivity contribution >= 4 is 0 Å². The van der Waals surface area contributed by atoms with E-state index < -0.39 is 0 Å². The van der Waals surface area contributed by atoms with E-state index in [1.165, 1.54) is 0 Å². The standard InChI is InChI=1S/C11H14N4/c1-8(2)10-13-6-9(7-14-10)11-12-4-5-15(11)3/h4-8H,1-3H3. The lowest BCUT2D eigenvalue weighted by Gasteiger charge is -2.04. The highest BCUT2D eigenvalue weighted by molar-refractivity contribution is 5.52. The van der Waals surface area contributed by atoms with Crippen LogP contribution in [0, 0.1) is 0 Å². The van der Waals surface area contributed by atoms with Crippen LogP contribution in [-0.2, 0) is 7.05 Å². The first-order chi connectivity index (χ1) is 7.18. The first-order valence-electron chi connectivity index (χ1n) is 4.98. The molecule has 0 radical (unpaired) electrons. The van der Waals surface area contributed by atoms with Crippen LogP contribution in [0.15, 0.2) is 24.8 Å². The van der Waals surface area contributed by atoms with Gasteiger partial charge in [0.25, 0.3) is 0 Å². The molecule has 0 aliphatic heterocycles. The number of imidazole rings is 1. The highest BCUT2D eigenvalue weighted by Gasteiger charge is 2.06.